The van der Waals surface area contributed by atoms with E-state index < -0.39 is 0 Å². The van der Waals surface area contributed by atoms with Gasteiger partial charge in [0, 0.05) is 0 Å². The first-order valence-electron chi connectivity index (χ1n) is 4.03. The van der Waals surface area contributed by atoms with E-state index in [1.807, 2.05) is 26.0 Å². The van der Waals surface area contributed by atoms with Crippen LogP contribution in [0.4, 0.5) is 0 Å². The topological polar surface area (TPSA) is 0 Å². The third-order valence-corrected chi connectivity index (χ3v) is 1.85. The number of allylic oxidation sites excluding steroid dienone is 2. The second kappa shape index (κ2) is 4.66. The van der Waals surface area contributed by atoms with E-state index in [4.69, 9.17) is 0 Å². The van der Waals surface area contributed by atoms with Crippen LogP contribution in [-0.4, -0.2) is 0 Å². The van der Waals surface area contributed by atoms with Gasteiger partial charge in [0.2, 0.25) is 0 Å². The van der Waals surface area contributed by atoms with Crippen molar-refractivity contribution in [3.63, 3.8) is 0 Å². The molecular formula is C13H18. The Bertz CT molecular complexity index is 286. The van der Waals surface area contributed by atoms with Gasteiger partial charge in [0.1, 0.15) is 0 Å². The molecule has 0 nitrogen and oxygen atoms in total. The Morgan fingerprint density at radius 3 is 1.46 bits per heavy atom. The predicted octanol–water partition coefficient (Wildman–Crippen LogP) is 4.39. The SMILES string of the molecule is C.C=C(C)c1ccccc1C(=C)C. The van der Waals surface area contributed by atoms with Crippen LogP contribution in [0.1, 0.15) is 32.4 Å². The molecule has 1 rings (SSSR count). The van der Waals surface area contributed by atoms with Gasteiger partial charge in [0.25, 0.3) is 0 Å². The van der Waals surface area contributed by atoms with Crippen LogP contribution in [0.15, 0.2) is 37.4 Å². The van der Waals surface area contributed by atoms with Gasteiger partial charge in [-0.3, -0.25) is 0 Å². The van der Waals surface area contributed by atoms with Crippen LogP contribution in [0.5, 0.6) is 0 Å². The highest BCUT2D eigenvalue weighted by molar-refractivity contribution is 5.76. The van der Waals surface area contributed by atoms with Crippen LogP contribution in [-0.2, 0) is 0 Å². The Morgan fingerprint density at radius 1 is 0.923 bits per heavy atom. The largest absolute Gasteiger partial charge is 0.0955 e. The van der Waals surface area contributed by atoms with E-state index in [9.17, 15) is 0 Å². The summed E-state index contributed by atoms with van der Waals surface area (Å²) in [6, 6.07) is 8.20. The fraction of sp³-hybridized carbons (Fsp3) is 0.231. The Balaban J connectivity index is 0.00000144. The summed E-state index contributed by atoms with van der Waals surface area (Å²) in [6.45, 7) is 11.9. The monoisotopic (exact) mass is 174 g/mol. The quantitative estimate of drug-likeness (QED) is 0.623. The molecule has 0 aliphatic carbocycles. The average molecular weight is 174 g/mol. The lowest BCUT2D eigenvalue weighted by molar-refractivity contribution is 1.50. The molecule has 1 aromatic carbocycles. The van der Waals surface area contributed by atoms with E-state index >= 15 is 0 Å². The third-order valence-electron chi connectivity index (χ3n) is 1.85. The van der Waals surface area contributed by atoms with Crippen molar-refractivity contribution in [1.29, 1.82) is 0 Å². The van der Waals surface area contributed by atoms with Crippen molar-refractivity contribution in [2.45, 2.75) is 21.3 Å². The number of rotatable bonds is 2. The summed E-state index contributed by atoms with van der Waals surface area (Å²) in [4.78, 5) is 0. The van der Waals surface area contributed by atoms with Crippen molar-refractivity contribution >= 4 is 11.1 Å². The summed E-state index contributed by atoms with van der Waals surface area (Å²) < 4.78 is 0. The Hall–Kier alpha value is -1.30. The molecule has 0 spiro atoms. The van der Waals surface area contributed by atoms with Crippen molar-refractivity contribution in [3.05, 3.63) is 48.6 Å². The van der Waals surface area contributed by atoms with Gasteiger partial charge in [-0.05, 0) is 25.0 Å². The molecule has 0 saturated carbocycles. The second-order valence-corrected chi connectivity index (χ2v) is 3.11. The van der Waals surface area contributed by atoms with Gasteiger partial charge in [0.15, 0.2) is 0 Å². The van der Waals surface area contributed by atoms with Crippen LogP contribution in [0.2, 0.25) is 0 Å². The molecule has 0 heterocycles. The maximum Gasteiger partial charge on any atom is -0.0158 e. The van der Waals surface area contributed by atoms with Crippen molar-refractivity contribution in [1.82, 2.24) is 0 Å². The van der Waals surface area contributed by atoms with Crippen molar-refractivity contribution in [2.24, 2.45) is 0 Å². The fourth-order valence-electron chi connectivity index (χ4n) is 1.23. The first-order valence-corrected chi connectivity index (χ1v) is 4.03. The Morgan fingerprint density at radius 2 is 1.23 bits per heavy atom. The minimum Gasteiger partial charge on any atom is -0.0955 e. The van der Waals surface area contributed by atoms with Crippen molar-refractivity contribution in [2.75, 3.05) is 0 Å². The zero-order valence-electron chi connectivity index (χ0n) is 7.72. The zero-order valence-corrected chi connectivity index (χ0v) is 7.72. The highest BCUT2D eigenvalue weighted by Crippen LogP contribution is 2.22. The molecule has 0 fully saturated rings. The highest BCUT2D eigenvalue weighted by atomic mass is 14.1. The Labute approximate surface area is 81.6 Å². The smallest absolute Gasteiger partial charge is 0.0158 e. The molecule has 0 amide bonds. The molecule has 0 aromatic heterocycles. The van der Waals surface area contributed by atoms with E-state index in [-0.39, 0.29) is 7.43 Å². The van der Waals surface area contributed by atoms with Crippen LogP contribution in [0, 0.1) is 0 Å². The van der Waals surface area contributed by atoms with E-state index in [1.165, 1.54) is 11.1 Å². The molecule has 0 aliphatic heterocycles. The van der Waals surface area contributed by atoms with Gasteiger partial charge in [-0.25, -0.2) is 0 Å². The lowest BCUT2D eigenvalue weighted by atomic mass is 9.98. The summed E-state index contributed by atoms with van der Waals surface area (Å²) in [7, 11) is 0. The molecule has 0 saturated heterocycles. The Kier molecular flexibility index (Phi) is 4.19. The van der Waals surface area contributed by atoms with E-state index in [2.05, 4.69) is 25.3 Å². The standard InChI is InChI=1S/C12H14.CH4/c1-9(2)11-7-5-6-8-12(11)10(3)4;/h5-8H,1,3H2,2,4H3;1H4. The summed E-state index contributed by atoms with van der Waals surface area (Å²) in [5.41, 5.74) is 4.58. The van der Waals surface area contributed by atoms with Gasteiger partial charge in [-0.15, -0.1) is 0 Å². The minimum absolute atomic E-state index is 0. The molecule has 0 heteroatoms. The predicted molar refractivity (Wildman–Crippen MR) is 62.6 cm³/mol. The number of benzene rings is 1. The maximum atomic E-state index is 3.93. The number of hydrogen-bond acceptors (Lipinski definition) is 0. The van der Waals surface area contributed by atoms with Gasteiger partial charge in [-0.2, -0.15) is 0 Å². The second-order valence-electron chi connectivity index (χ2n) is 3.11. The molecule has 70 valence electrons. The summed E-state index contributed by atoms with van der Waals surface area (Å²) in [5, 5.41) is 0. The van der Waals surface area contributed by atoms with E-state index in [0.29, 0.717) is 0 Å². The van der Waals surface area contributed by atoms with Crippen LogP contribution in [0.25, 0.3) is 11.1 Å². The molecule has 0 atom stereocenters. The summed E-state index contributed by atoms with van der Waals surface area (Å²) in [6.07, 6.45) is 0. The zero-order chi connectivity index (χ0) is 9.14. The summed E-state index contributed by atoms with van der Waals surface area (Å²) >= 11 is 0. The molecule has 0 N–H and O–H groups in total. The third kappa shape index (κ3) is 2.59. The first kappa shape index (κ1) is 11.7. The minimum atomic E-state index is 0. The van der Waals surface area contributed by atoms with E-state index in [1.54, 1.807) is 0 Å². The molecule has 13 heavy (non-hydrogen) atoms. The maximum absolute atomic E-state index is 3.93. The van der Waals surface area contributed by atoms with Gasteiger partial charge in [0.05, 0.1) is 0 Å². The van der Waals surface area contributed by atoms with Gasteiger partial charge < -0.3 is 0 Å². The normalized spacial score (nSPS) is 8.77. The molecule has 0 radical (unpaired) electrons. The molecule has 0 unspecified atom stereocenters. The first-order chi connectivity index (χ1) is 5.63. The fourth-order valence-corrected chi connectivity index (χ4v) is 1.23. The lowest BCUT2D eigenvalue weighted by Crippen LogP contribution is -1.86. The lowest BCUT2D eigenvalue weighted by Gasteiger charge is -2.07. The van der Waals surface area contributed by atoms with Crippen molar-refractivity contribution in [3.8, 4) is 0 Å². The average Bonchev–Trinajstić information content (AvgIpc) is 2.04. The van der Waals surface area contributed by atoms with Crippen LogP contribution in [0.3, 0.4) is 0 Å². The summed E-state index contributed by atoms with van der Waals surface area (Å²) in [5.74, 6) is 0. The van der Waals surface area contributed by atoms with Gasteiger partial charge >= 0.3 is 0 Å². The molecule has 0 bridgehead atoms. The van der Waals surface area contributed by atoms with Gasteiger partial charge in [-0.1, -0.05) is 56.0 Å². The van der Waals surface area contributed by atoms with Crippen LogP contribution >= 0.6 is 0 Å². The highest BCUT2D eigenvalue weighted by Gasteiger charge is 2.00. The molecule has 1 aromatic rings. The molecule has 0 aliphatic rings. The van der Waals surface area contributed by atoms with E-state index in [0.717, 1.165) is 11.1 Å². The van der Waals surface area contributed by atoms with Crippen LogP contribution < -0.4 is 0 Å². The molecular weight excluding hydrogens is 156 g/mol. The van der Waals surface area contributed by atoms with Crippen molar-refractivity contribution < 1.29 is 0 Å². The number of hydrogen-bond donors (Lipinski definition) is 0.